The summed E-state index contributed by atoms with van der Waals surface area (Å²) >= 11 is 0. The zero-order valence-corrected chi connectivity index (χ0v) is 15.1. The summed E-state index contributed by atoms with van der Waals surface area (Å²) < 4.78 is 0. The van der Waals surface area contributed by atoms with Gasteiger partial charge in [0.15, 0.2) is 0 Å². The number of hydrogen-bond acceptors (Lipinski definition) is 1. The Kier molecular flexibility index (Phi) is 6.93. The fraction of sp³-hybridized carbons (Fsp3) is 0.700. The number of benzene rings is 1. The van der Waals surface area contributed by atoms with Gasteiger partial charge in [0.2, 0.25) is 0 Å². The third-order valence-corrected chi connectivity index (χ3v) is 4.46. The Hall–Kier alpha value is -0.820. The van der Waals surface area contributed by atoms with Gasteiger partial charge in [0.25, 0.3) is 0 Å². The van der Waals surface area contributed by atoms with Gasteiger partial charge in [-0.2, -0.15) is 0 Å². The van der Waals surface area contributed by atoms with Crippen LogP contribution in [0.5, 0.6) is 0 Å². The summed E-state index contributed by atoms with van der Waals surface area (Å²) in [6, 6.07) is 9.20. The van der Waals surface area contributed by atoms with E-state index in [0.717, 1.165) is 6.54 Å². The van der Waals surface area contributed by atoms with Crippen LogP contribution in [-0.2, 0) is 13.0 Å². The number of hydrogen-bond donors (Lipinski definition) is 1. The van der Waals surface area contributed by atoms with Crippen LogP contribution in [0.3, 0.4) is 0 Å². The first-order valence-corrected chi connectivity index (χ1v) is 8.61. The van der Waals surface area contributed by atoms with E-state index >= 15 is 0 Å². The minimum absolute atomic E-state index is 0.180. The average molecular weight is 290 g/mol. The maximum absolute atomic E-state index is 3.54. The molecule has 0 heterocycles. The van der Waals surface area contributed by atoms with Gasteiger partial charge >= 0.3 is 0 Å². The lowest BCUT2D eigenvalue weighted by Gasteiger charge is -2.28. The van der Waals surface area contributed by atoms with Gasteiger partial charge in [-0.3, -0.25) is 0 Å². The minimum Gasteiger partial charge on any atom is -0.308 e. The molecule has 0 bridgehead atoms. The highest BCUT2D eigenvalue weighted by atomic mass is 14.9. The van der Waals surface area contributed by atoms with Gasteiger partial charge < -0.3 is 5.32 Å². The van der Waals surface area contributed by atoms with Crippen LogP contribution in [0, 0.1) is 5.41 Å². The van der Waals surface area contributed by atoms with Gasteiger partial charge in [-0.1, -0.05) is 64.3 Å². The van der Waals surface area contributed by atoms with Crippen molar-refractivity contribution in [1.82, 2.24) is 5.32 Å². The molecule has 0 amide bonds. The topological polar surface area (TPSA) is 12.0 Å². The summed E-state index contributed by atoms with van der Waals surface area (Å²) in [5, 5.41) is 3.54. The molecule has 0 aliphatic rings. The first-order valence-electron chi connectivity index (χ1n) is 8.61. The van der Waals surface area contributed by atoms with Gasteiger partial charge in [-0.25, -0.2) is 0 Å². The zero-order chi connectivity index (χ0) is 15.9. The van der Waals surface area contributed by atoms with Crippen LogP contribution in [-0.4, -0.2) is 5.54 Å². The van der Waals surface area contributed by atoms with E-state index in [0.29, 0.717) is 5.41 Å². The Morgan fingerprint density at radius 3 is 1.95 bits per heavy atom. The molecule has 0 aliphatic carbocycles. The second-order valence-electron chi connectivity index (χ2n) is 7.86. The van der Waals surface area contributed by atoms with Gasteiger partial charge in [0.1, 0.15) is 0 Å². The van der Waals surface area contributed by atoms with Crippen LogP contribution < -0.4 is 5.32 Å². The molecule has 1 nitrogen and oxygen atoms in total. The fourth-order valence-electron chi connectivity index (χ4n) is 2.63. The Bertz CT molecular complexity index is 399. The second kappa shape index (κ2) is 7.98. The van der Waals surface area contributed by atoms with Crippen molar-refractivity contribution >= 4 is 0 Å². The molecule has 1 rings (SSSR count). The zero-order valence-electron chi connectivity index (χ0n) is 15.1. The molecule has 0 fully saturated rings. The molecule has 0 spiro atoms. The number of nitrogens with one attached hydrogen (secondary N) is 1. The van der Waals surface area contributed by atoms with E-state index in [4.69, 9.17) is 0 Å². The third-order valence-electron chi connectivity index (χ3n) is 4.46. The smallest absolute Gasteiger partial charge is 0.0210 e. The van der Waals surface area contributed by atoms with Crippen LogP contribution in [0.25, 0.3) is 0 Å². The standard InChI is InChI=1S/C20H35N/c1-7-9-14-20(6,8-2)15-17-10-12-18(13-11-17)16-21-19(3,4)5/h10-13,21H,7-9,14-16H2,1-6H3. The summed E-state index contributed by atoms with van der Waals surface area (Å²) in [4.78, 5) is 0. The fourth-order valence-corrected chi connectivity index (χ4v) is 2.63. The van der Waals surface area contributed by atoms with Gasteiger partial charge in [-0.15, -0.1) is 0 Å². The predicted octanol–water partition coefficient (Wildman–Crippen LogP) is 5.72. The minimum atomic E-state index is 0.180. The molecule has 0 aromatic heterocycles. The summed E-state index contributed by atoms with van der Waals surface area (Å²) in [7, 11) is 0. The highest BCUT2D eigenvalue weighted by molar-refractivity contribution is 5.23. The lowest BCUT2D eigenvalue weighted by molar-refractivity contribution is 0.273. The molecule has 0 radical (unpaired) electrons. The Balaban J connectivity index is 2.60. The first kappa shape index (κ1) is 18.2. The molecular formula is C20H35N. The van der Waals surface area contributed by atoms with Crippen molar-refractivity contribution in [3.8, 4) is 0 Å². The second-order valence-corrected chi connectivity index (χ2v) is 7.86. The molecule has 120 valence electrons. The summed E-state index contributed by atoms with van der Waals surface area (Å²) in [5.41, 5.74) is 3.50. The first-order chi connectivity index (χ1) is 9.78. The van der Waals surface area contributed by atoms with Crippen LogP contribution >= 0.6 is 0 Å². The van der Waals surface area contributed by atoms with Gasteiger partial charge in [-0.05, 0) is 50.2 Å². The highest BCUT2D eigenvalue weighted by Crippen LogP contribution is 2.32. The quantitative estimate of drug-likeness (QED) is 0.645. The summed E-state index contributed by atoms with van der Waals surface area (Å²) in [5.74, 6) is 0. The van der Waals surface area contributed by atoms with Crippen molar-refractivity contribution in [3.05, 3.63) is 35.4 Å². The largest absolute Gasteiger partial charge is 0.308 e. The summed E-state index contributed by atoms with van der Waals surface area (Å²) in [6.45, 7) is 14.6. The van der Waals surface area contributed by atoms with E-state index in [1.807, 2.05) is 0 Å². The monoisotopic (exact) mass is 289 g/mol. The average Bonchev–Trinajstić information content (AvgIpc) is 2.44. The van der Waals surface area contributed by atoms with E-state index in [-0.39, 0.29) is 5.54 Å². The SMILES string of the molecule is CCCCC(C)(CC)Cc1ccc(CNC(C)(C)C)cc1. The maximum Gasteiger partial charge on any atom is 0.0210 e. The molecule has 1 aromatic carbocycles. The van der Waals surface area contributed by atoms with E-state index in [2.05, 4.69) is 71.1 Å². The van der Waals surface area contributed by atoms with Crippen LogP contribution in [0.15, 0.2) is 24.3 Å². The van der Waals surface area contributed by atoms with E-state index < -0.39 is 0 Å². The molecule has 1 N–H and O–H groups in total. The van der Waals surface area contributed by atoms with Gasteiger partial charge in [0, 0.05) is 12.1 Å². The Morgan fingerprint density at radius 2 is 1.48 bits per heavy atom. The van der Waals surface area contributed by atoms with Crippen molar-refractivity contribution < 1.29 is 0 Å². The molecule has 1 aromatic rings. The van der Waals surface area contributed by atoms with Crippen molar-refractivity contribution in [2.24, 2.45) is 5.41 Å². The van der Waals surface area contributed by atoms with Gasteiger partial charge in [0.05, 0.1) is 0 Å². The van der Waals surface area contributed by atoms with E-state index in [1.165, 1.54) is 43.2 Å². The van der Waals surface area contributed by atoms with E-state index in [1.54, 1.807) is 0 Å². The molecule has 0 aliphatic heterocycles. The van der Waals surface area contributed by atoms with Crippen LogP contribution in [0.2, 0.25) is 0 Å². The maximum atomic E-state index is 3.54. The van der Waals surface area contributed by atoms with Crippen LogP contribution in [0.1, 0.15) is 78.4 Å². The third kappa shape index (κ3) is 7.13. The van der Waals surface area contributed by atoms with Crippen molar-refractivity contribution in [3.63, 3.8) is 0 Å². The number of rotatable bonds is 8. The Labute approximate surface area is 132 Å². The Morgan fingerprint density at radius 1 is 0.905 bits per heavy atom. The normalized spacial score (nSPS) is 15.0. The lowest BCUT2D eigenvalue weighted by atomic mass is 9.77. The van der Waals surface area contributed by atoms with E-state index in [9.17, 15) is 0 Å². The number of unbranched alkanes of at least 4 members (excludes halogenated alkanes) is 1. The lowest BCUT2D eigenvalue weighted by Crippen LogP contribution is -2.35. The van der Waals surface area contributed by atoms with Crippen molar-refractivity contribution in [1.29, 1.82) is 0 Å². The van der Waals surface area contributed by atoms with Crippen LogP contribution in [0.4, 0.5) is 0 Å². The predicted molar refractivity (Wildman–Crippen MR) is 94.7 cm³/mol. The summed E-state index contributed by atoms with van der Waals surface area (Å²) in [6.07, 6.45) is 6.45. The highest BCUT2D eigenvalue weighted by Gasteiger charge is 2.21. The molecular weight excluding hydrogens is 254 g/mol. The van der Waals surface area contributed by atoms with Crippen molar-refractivity contribution in [2.75, 3.05) is 0 Å². The molecule has 0 saturated carbocycles. The van der Waals surface area contributed by atoms with Crippen molar-refractivity contribution in [2.45, 2.75) is 85.7 Å². The molecule has 1 atom stereocenters. The molecule has 1 unspecified atom stereocenters. The molecule has 21 heavy (non-hydrogen) atoms. The molecule has 0 saturated heterocycles. The molecule has 1 heteroatoms.